The smallest absolute Gasteiger partial charge is 0.0787 e. The van der Waals surface area contributed by atoms with E-state index in [0.29, 0.717) is 11.8 Å². The summed E-state index contributed by atoms with van der Waals surface area (Å²) in [7, 11) is 0. The third-order valence-corrected chi connectivity index (χ3v) is 4.47. The van der Waals surface area contributed by atoms with Crippen molar-refractivity contribution in [3.8, 4) is 0 Å². The zero-order valence-corrected chi connectivity index (χ0v) is 21.1. The Kier molecular flexibility index (Phi) is 14.7. The van der Waals surface area contributed by atoms with Gasteiger partial charge in [0.2, 0.25) is 0 Å². The molecule has 2 N–H and O–H groups in total. The van der Waals surface area contributed by atoms with E-state index in [1.807, 2.05) is 62.4 Å². The topological polar surface area (TPSA) is 44.0 Å². The van der Waals surface area contributed by atoms with Crippen molar-refractivity contribution in [3.63, 3.8) is 0 Å². The van der Waals surface area contributed by atoms with Gasteiger partial charge in [-0.15, -0.1) is 29.2 Å². The second-order valence-electron chi connectivity index (χ2n) is 5.64. The Labute approximate surface area is 197 Å². The van der Waals surface area contributed by atoms with Crippen LogP contribution >= 0.6 is 23.2 Å². The summed E-state index contributed by atoms with van der Waals surface area (Å²) < 4.78 is 0. The number of hydrogen-bond acceptors (Lipinski definition) is 1. The normalized spacial score (nSPS) is 12.4. The van der Waals surface area contributed by atoms with Gasteiger partial charge in [-0.3, -0.25) is 0 Å². The minimum atomic E-state index is -0.339. The minimum absolute atomic E-state index is 0. The average molecular weight is 594 g/mol. The number of hydrogen-bond donors (Lipinski definition) is 1. The first-order chi connectivity index (χ1) is 11.5. The number of rotatable bonds is 6. The summed E-state index contributed by atoms with van der Waals surface area (Å²) in [5, 5.41) is 9.46. The molecule has 0 aromatic heterocycles. The van der Waals surface area contributed by atoms with Crippen molar-refractivity contribution in [2.75, 3.05) is 0 Å². The van der Waals surface area contributed by atoms with E-state index in [1.165, 1.54) is 0 Å². The maximum absolute atomic E-state index is 9.46. The molecule has 2 rings (SSSR count). The van der Waals surface area contributed by atoms with Crippen LogP contribution < -0.4 is 0 Å². The molecule has 0 saturated carbocycles. The van der Waals surface area contributed by atoms with Gasteiger partial charge < -0.3 is 10.8 Å². The molecule has 135 valence electrons. The molecule has 0 heterocycles. The molecule has 2 nitrogen and oxygen atoms in total. The van der Waals surface area contributed by atoms with Crippen molar-refractivity contribution in [2.45, 2.75) is 50.6 Å². The molecule has 0 aliphatic carbocycles. The van der Waals surface area contributed by atoms with Crippen LogP contribution in [0.4, 0.5) is 0 Å². The summed E-state index contributed by atoms with van der Waals surface area (Å²) in [4.78, 5) is 0. The maximum Gasteiger partial charge on any atom is 0.0787 e. The van der Waals surface area contributed by atoms with E-state index in [1.54, 1.807) is 0 Å². The molecular formula is C20H26AcCl2NO-. The maximum atomic E-state index is 9.46. The fraction of sp³-hybridized carbons (Fsp3) is 0.400. The molecule has 0 saturated heterocycles. The third kappa shape index (κ3) is 9.23. The van der Waals surface area contributed by atoms with E-state index >= 15 is 0 Å². The molecule has 2 aromatic rings. The van der Waals surface area contributed by atoms with Crippen LogP contribution in [0.25, 0.3) is 5.73 Å². The van der Waals surface area contributed by atoms with Crippen molar-refractivity contribution in [1.29, 1.82) is 0 Å². The molecule has 0 fully saturated rings. The van der Waals surface area contributed by atoms with E-state index in [4.69, 9.17) is 28.9 Å². The van der Waals surface area contributed by atoms with Crippen LogP contribution in [0.5, 0.6) is 0 Å². The fourth-order valence-corrected chi connectivity index (χ4v) is 2.50. The second kappa shape index (κ2) is 14.4. The first-order valence-electron chi connectivity index (χ1n) is 8.24. The molecular weight excluding hydrogens is 568 g/mol. The van der Waals surface area contributed by atoms with Gasteiger partial charge in [0.15, 0.2) is 0 Å². The number of benzene rings is 2. The van der Waals surface area contributed by atoms with E-state index < -0.39 is 0 Å². The summed E-state index contributed by atoms with van der Waals surface area (Å²) in [6.07, 6.45) is 1.27. The predicted molar refractivity (Wildman–Crippen MR) is 105 cm³/mol. The zero-order chi connectivity index (χ0) is 17.9. The molecule has 2 atom stereocenters. The zero-order valence-electron chi connectivity index (χ0n) is 14.9. The third-order valence-electron chi connectivity index (χ3n) is 3.85. The summed E-state index contributed by atoms with van der Waals surface area (Å²) in [6, 6.07) is 15.6. The van der Waals surface area contributed by atoms with E-state index in [9.17, 15) is 5.11 Å². The first-order valence-corrected chi connectivity index (χ1v) is 9.31. The number of aliphatic hydroxyl groups is 1. The van der Waals surface area contributed by atoms with E-state index in [2.05, 4.69) is 0 Å². The van der Waals surface area contributed by atoms with E-state index in [-0.39, 0.29) is 56.2 Å². The van der Waals surface area contributed by atoms with Crippen molar-refractivity contribution >= 4 is 23.2 Å². The van der Waals surface area contributed by atoms with Gasteiger partial charge in [0, 0.05) is 55.8 Å². The number of nitrogens with one attached hydrogen (secondary N) is 1. The van der Waals surface area contributed by atoms with Crippen molar-refractivity contribution in [1.82, 2.24) is 0 Å². The second-order valence-corrected chi connectivity index (χ2v) is 6.17. The summed E-state index contributed by atoms with van der Waals surface area (Å²) in [6.45, 7) is 3.98. The Bertz CT molecular complexity index is 522. The van der Waals surface area contributed by atoms with Gasteiger partial charge in [-0.05, 0) is 23.1 Å². The Morgan fingerprint density at radius 2 is 1.20 bits per heavy atom. The van der Waals surface area contributed by atoms with Gasteiger partial charge in [-0.1, -0.05) is 74.4 Å². The summed E-state index contributed by atoms with van der Waals surface area (Å²) in [5.74, 6) is 1.08. The number of aliphatic hydroxyl groups excluding tert-OH is 1. The summed E-state index contributed by atoms with van der Waals surface area (Å²) in [5.41, 5.74) is 11.9. The van der Waals surface area contributed by atoms with Crippen LogP contribution in [0.2, 0.25) is 0 Å². The summed E-state index contributed by atoms with van der Waals surface area (Å²) >= 11 is 11.3. The van der Waals surface area contributed by atoms with Crippen molar-refractivity contribution in [3.05, 3.63) is 76.5 Å². The van der Waals surface area contributed by atoms with Gasteiger partial charge in [0.1, 0.15) is 0 Å². The minimum Gasteiger partial charge on any atom is -0.671 e. The Balaban J connectivity index is 0.000000443. The van der Waals surface area contributed by atoms with Gasteiger partial charge in [0.25, 0.3) is 0 Å². The molecule has 2 unspecified atom stereocenters. The quantitative estimate of drug-likeness (QED) is 0.368. The van der Waals surface area contributed by atoms with Gasteiger partial charge in [-0.2, -0.15) is 0 Å². The molecule has 25 heavy (non-hydrogen) atoms. The SMILES string of the molecule is CCC(O)c1ccc(CCl)cc1.CCC([NH-])c1ccc(CCl)cc1.[Ac]. The molecule has 0 aliphatic heterocycles. The fourth-order valence-electron chi connectivity index (χ4n) is 2.14. The Morgan fingerprint density at radius 3 is 1.52 bits per heavy atom. The monoisotopic (exact) mass is 593 g/mol. The van der Waals surface area contributed by atoms with Gasteiger partial charge in [0.05, 0.1) is 6.10 Å². The van der Waals surface area contributed by atoms with Gasteiger partial charge in [-0.25, -0.2) is 0 Å². The Morgan fingerprint density at radius 1 is 0.800 bits per heavy atom. The molecule has 0 amide bonds. The van der Waals surface area contributed by atoms with E-state index in [0.717, 1.165) is 35.1 Å². The number of halogens is 2. The van der Waals surface area contributed by atoms with Crippen LogP contribution in [-0.4, -0.2) is 5.11 Å². The average Bonchev–Trinajstić information content (AvgIpc) is 2.67. The van der Waals surface area contributed by atoms with Crippen LogP contribution in [0.15, 0.2) is 48.5 Å². The predicted octanol–water partition coefficient (Wildman–Crippen LogP) is 6.80. The number of alkyl halides is 2. The largest absolute Gasteiger partial charge is 0.671 e. The van der Waals surface area contributed by atoms with Crippen LogP contribution in [0.3, 0.4) is 0 Å². The van der Waals surface area contributed by atoms with Crippen LogP contribution in [0, 0.1) is 44.1 Å². The van der Waals surface area contributed by atoms with Gasteiger partial charge >= 0.3 is 0 Å². The van der Waals surface area contributed by atoms with Crippen LogP contribution in [0.1, 0.15) is 61.1 Å². The molecule has 0 spiro atoms. The molecule has 0 bridgehead atoms. The molecule has 2 aromatic carbocycles. The molecule has 0 aliphatic rings. The first kappa shape index (κ1) is 25.4. The van der Waals surface area contributed by atoms with Crippen molar-refractivity contribution in [2.24, 2.45) is 0 Å². The molecule has 5 heteroatoms. The standard InChI is InChI=1S/C10H13ClN.C10H13ClO.Ac/c2*1-2-10(12)9-5-3-8(7-11)4-6-9;/h2*3-6,10,12H,2,7H2,1H3;/q-1;;. The van der Waals surface area contributed by atoms with Crippen molar-refractivity contribution < 1.29 is 49.2 Å². The Hall–Kier alpha value is 0.382. The molecule has 1 radical (unpaired) electrons. The van der Waals surface area contributed by atoms with Crippen LogP contribution in [-0.2, 0) is 11.8 Å².